The third-order valence-corrected chi connectivity index (χ3v) is 6.20. The summed E-state index contributed by atoms with van der Waals surface area (Å²) in [6, 6.07) is 6.62. The van der Waals surface area contributed by atoms with Crippen molar-refractivity contribution < 1.29 is 23.8 Å². The molecule has 1 unspecified atom stereocenters. The molecule has 0 fully saturated rings. The van der Waals surface area contributed by atoms with Gasteiger partial charge in [0.2, 0.25) is 0 Å². The van der Waals surface area contributed by atoms with E-state index in [1.54, 1.807) is 14.0 Å². The van der Waals surface area contributed by atoms with Gasteiger partial charge in [-0.2, -0.15) is 0 Å². The van der Waals surface area contributed by atoms with Crippen LogP contribution >= 0.6 is 0 Å². The summed E-state index contributed by atoms with van der Waals surface area (Å²) in [7, 11) is 3.08. The molecular weight excluding hydrogens is 395 g/mol. The highest BCUT2D eigenvalue weighted by Crippen LogP contribution is 2.44. The van der Waals surface area contributed by atoms with Gasteiger partial charge in [-0.3, -0.25) is 4.79 Å². The van der Waals surface area contributed by atoms with E-state index >= 15 is 0 Å². The second-order valence-electron chi connectivity index (χ2n) is 8.19. The molecule has 4 nitrogen and oxygen atoms in total. The van der Waals surface area contributed by atoms with Crippen molar-refractivity contribution >= 4 is 5.97 Å². The fourth-order valence-corrected chi connectivity index (χ4v) is 4.55. The van der Waals surface area contributed by atoms with Gasteiger partial charge in [-0.25, -0.2) is 4.39 Å². The van der Waals surface area contributed by atoms with Crippen molar-refractivity contribution in [2.24, 2.45) is 0 Å². The molecule has 2 atom stereocenters. The summed E-state index contributed by atoms with van der Waals surface area (Å²) in [6.45, 7) is 7.84. The number of aliphatic hydroxyl groups excluding tert-OH is 1. The number of ether oxygens (including phenoxy) is 2. The number of halogens is 1. The highest BCUT2D eigenvalue weighted by atomic mass is 19.1. The maximum Gasteiger partial charge on any atom is 0.305 e. The van der Waals surface area contributed by atoms with Gasteiger partial charge in [0.15, 0.2) is 0 Å². The molecule has 0 saturated carbocycles. The molecule has 0 radical (unpaired) electrons. The third-order valence-electron chi connectivity index (χ3n) is 6.20. The molecule has 0 heterocycles. The molecule has 0 aliphatic heterocycles. The summed E-state index contributed by atoms with van der Waals surface area (Å²) in [5.74, 6) is 0.353. The van der Waals surface area contributed by atoms with Crippen LogP contribution in [0.1, 0.15) is 84.4 Å². The van der Waals surface area contributed by atoms with Crippen molar-refractivity contribution in [2.75, 3.05) is 14.2 Å². The standard InChI is InChI=1S/C26H35FO4/c1-16-17(2)26(31-6)25(18(3)24(16)19(4)28)22(20-12-14-21(27)15-13-20)10-8-7-9-11-23(29)30-5/h12-15,19,22,28H,7-11H2,1-6H3/t19-,22?/m1/s1. The van der Waals surface area contributed by atoms with E-state index < -0.39 is 6.10 Å². The summed E-state index contributed by atoms with van der Waals surface area (Å²) in [5, 5.41) is 10.5. The number of rotatable bonds is 10. The van der Waals surface area contributed by atoms with Crippen LogP contribution < -0.4 is 4.74 Å². The molecule has 0 amide bonds. The zero-order chi connectivity index (χ0) is 23.1. The van der Waals surface area contributed by atoms with E-state index in [1.165, 1.54) is 19.2 Å². The largest absolute Gasteiger partial charge is 0.496 e. The summed E-state index contributed by atoms with van der Waals surface area (Å²) in [6.07, 6.45) is 3.20. The highest BCUT2D eigenvalue weighted by Gasteiger charge is 2.27. The Balaban J connectivity index is 2.48. The molecule has 2 aromatic carbocycles. The van der Waals surface area contributed by atoms with Gasteiger partial charge in [-0.15, -0.1) is 0 Å². The Morgan fingerprint density at radius 1 is 0.968 bits per heavy atom. The number of methoxy groups -OCH3 is 2. The lowest BCUT2D eigenvalue weighted by atomic mass is 9.79. The minimum atomic E-state index is -0.600. The molecule has 2 aromatic rings. The summed E-state index contributed by atoms with van der Waals surface area (Å²) < 4.78 is 24.2. The smallest absolute Gasteiger partial charge is 0.305 e. The van der Waals surface area contributed by atoms with Gasteiger partial charge in [-0.05, 0) is 80.5 Å². The van der Waals surface area contributed by atoms with E-state index in [4.69, 9.17) is 9.47 Å². The van der Waals surface area contributed by atoms with Gasteiger partial charge in [-0.1, -0.05) is 25.0 Å². The van der Waals surface area contributed by atoms with Gasteiger partial charge >= 0.3 is 5.97 Å². The van der Waals surface area contributed by atoms with E-state index in [0.717, 1.165) is 64.8 Å². The topological polar surface area (TPSA) is 55.8 Å². The van der Waals surface area contributed by atoms with Crippen LogP contribution in [0, 0.1) is 26.6 Å². The van der Waals surface area contributed by atoms with Crippen LogP contribution in [-0.4, -0.2) is 25.3 Å². The fraction of sp³-hybridized carbons (Fsp3) is 0.500. The average molecular weight is 431 g/mol. The van der Waals surface area contributed by atoms with Crippen LogP contribution in [0.15, 0.2) is 24.3 Å². The zero-order valence-electron chi connectivity index (χ0n) is 19.5. The lowest BCUT2D eigenvalue weighted by Crippen LogP contribution is -2.13. The first kappa shape index (κ1) is 24.9. The molecular formula is C26H35FO4. The first-order chi connectivity index (χ1) is 14.7. The number of carbonyl (C=O) groups is 1. The maximum absolute atomic E-state index is 13.6. The number of aliphatic hydroxyl groups is 1. The predicted octanol–water partition coefficient (Wildman–Crippen LogP) is 6.07. The fourth-order valence-electron chi connectivity index (χ4n) is 4.55. The highest BCUT2D eigenvalue weighted by molar-refractivity contribution is 5.69. The van der Waals surface area contributed by atoms with Crippen molar-refractivity contribution in [1.82, 2.24) is 0 Å². The first-order valence-electron chi connectivity index (χ1n) is 10.9. The second-order valence-corrected chi connectivity index (χ2v) is 8.19. The average Bonchev–Trinajstić information content (AvgIpc) is 2.74. The van der Waals surface area contributed by atoms with Gasteiger partial charge in [0.05, 0.1) is 20.3 Å². The Morgan fingerprint density at radius 2 is 1.61 bits per heavy atom. The van der Waals surface area contributed by atoms with Crippen molar-refractivity contribution in [3.05, 3.63) is 63.5 Å². The van der Waals surface area contributed by atoms with Crippen LogP contribution in [0.2, 0.25) is 0 Å². The van der Waals surface area contributed by atoms with Crippen molar-refractivity contribution in [3.63, 3.8) is 0 Å². The lowest BCUT2D eigenvalue weighted by molar-refractivity contribution is -0.140. The zero-order valence-corrected chi connectivity index (χ0v) is 19.5. The number of unbranched alkanes of at least 4 members (excludes halogenated alkanes) is 2. The number of carbonyl (C=O) groups excluding carboxylic acids is 1. The molecule has 5 heteroatoms. The number of hydrogen-bond acceptors (Lipinski definition) is 4. The Bertz CT molecular complexity index is 888. The molecule has 1 N–H and O–H groups in total. The SMILES string of the molecule is COC(=O)CCCCCC(c1ccc(F)cc1)c1c(C)c([C@@H](C)O)c(C)c(C)c1OC. The maximum atomic E-state index is 13.6. The number of hydrogen-bond donors (Lipinski definition) is 1. The number of esters is 1. The molecule has 0 aliphatic rings. The summed E-state index contributed by atoms with van der Waals surface area (Å²) >= 11 is 0. The van der Waals surface area contributed by atoms with Gasteiger partial charge in [0, 0.05) is 17.9 Å². The number of benzene rings is 2. The molecule has 2 rings (SSSR count). The van der Waals surface area contributed by atoms with E-state index in [0.29, 0.717) is 6.42 Å². The quantitative estimate of drug-likeness (QED) is 0.367. The van der Waals surface area contributed by atoms with E-state index in [9.17, 15) is 14.3 Å². The van der Waals surface area contributed by atoms with Crippen LogP contribution in [0.4, 0.5) is 4.39 Å². The van der Waals surface area contributed by atoms with Gasteiger partial charge < -0.3 is 14.6 Å². The molecule has 31 heavy (non-hydrogen) atoms. The van der Waals surface area contributed by atoms with Crippen LogP contribution in [0.3, 0.4) is 0 Å². The Kier molecular flexibility index (Phi) is 9.05. The van der Waals surface area contributed by atoms with Gasteiger partial charge in [0.1, 0.15) is 11.6 Å². The molecule has 0 aliphatic carbocycles. The Hall–Kier alpha value is -2.40. The van der Waals surface area contributed by atoms with E-state index in [2.05, 4.69) is 0 Å². The lowest BCUT2D eigenvalue weighted by Gasteiger charge is -2.28. The summed E-state index contributed by atoms with van der Waals surface area (Å²) in [4.78, 5) is 11.4. The van der Waals surface area contributed by atoms with Crippen molar-refractivity contribution in [1.29, 1.82) is 0 Å². The Morgan fingerprint density at radius 3 is 2.16 bits per heavy atom. The second kappa shape index (κ2) is 11.3. The van der Waals surface area contributed by atoms with Crippen LogP contribution in [0.5, 0.6) is 5.75 Å². The van der Waals surface area contributed by atoms with Crippen molar-refractivity contribution in [3.8, 4) is 5.75 Å². The van der Waals surface area contributed by atoms with E-state index in [-0.39, 0.29) is 17.7 Å². The third kappa shape index (κ3) is 5.85. The molecule has 170 valence electrons. The normalized spacial score (nSPS) is 13.0. The van der Waals surface area contributed by atoms with E-state index in [1.807, 2.05) is 32.9 Å². The molecule has 0 bridgehead atoms. The molecule has 0 saturated heterocycles. The molecule has 0 aromatic heterocycles. The molecule has 0 spiro atoms. The first-order valence-corrected chi connectivity index (χ1v) is 10.9. The summed E-state index contributed by atoms with van der Waals surface area (Å²) in [5.41, 5.74) is 6.03. The van der Waals surface area contributed by atoms with Crippen LogP contribution in [-0.2, 0) is 9.53 Å². The minimum Gasteiger partial charge on any atom is -0.496 e. The monoisotopic (exact) mass is 430 g/mol. The van der Waals surface area contributed by atoms with Crippen LogP contribution in [0.25, 0.3) is 0 Å². The predicted molar refractivity (Wildman–Crippen MR) is 121 cm³/mol. The van der Waals surface area contributed by atoms with Gasteiger partial charge in [0.25, 0.3) is 0 Å². The Labute approximate surface area is 185 Å². The minimum absolute atomic E-state index is 0.00882. The van der Waals surface area contributed by atoms with Crippen molar-refractivity contribution in [2.45, 2.75) is 71.8 Å².